The SMILES string of the molecule is COc1cc(NC(=O)COC(=O)c2cc(Cl)c3c(c2)OCO3)cc(OC)c1OC. The molecule has 0 bridgehead atoms. The molecule has 0 saturated carbocycles. The van der Waals surface area contributed by atoms with Gasteiger partial charge in [0, 0.05) is 17.8 Å². The van der Waals surface area contributed by atoms with Gasteiger partial charge < -0.3 is 33.7 Å². The monoisotopic (exact) mass is 423 g/mol. The van der Waals surface area contributed by atoms with Crippen LogP contribution in [0.1, 0.15) is 10.4 Å². The van der Waals surface area contributed by atoms with Gasteiger partial charge in [-0.2, -0.15) is 0 Å². The van der Waals surface area contributed by atoms with Gasteiger partial charge >= 0.3 is 5.97 Å². The van der Waals surface area contributed by atoms with E-state index in [4.69, 9.17) is 40.0 Å². The largest absolute Gasteiger partial charge is 0.493 e. The number of carbonyl (C=O) groups is 2. The first-order valence-corrected chi connectivity index (χ1v) is 8.70. The summed E-state index contributed by atoms with van der Waals surface area (Å²) >= 11 is 6.04. The van der Waals surface area contributed by atoms with Gasteiger partial charge in [0.25, 0.3) is 5.91 Å². The second-order valence-electron chi connectivity index (χ2n) is 5.73. The topological polar surface area (TPSA) is 102 Å². The molecule has 0 radical (unpaired) electrons. The third-order valence-corrected chi connectivity index (χ3v) is 4.23. The minimum absolute atomic E-state index is 0.0186. The third-order valence-electron chi connectivity index (χ3n) is 3.95. The number of benzene rings is 2. The maximum Gasteiger partial charge on any atom is 0.338 e. The van der Waals surface area contributed by atoms with Gasteiger partial charge in [-0.15, -0.1) is 0 Å². The molecule has 10 heteroatoms. The molecule has 0 aromatic heterocycles. The van der Waals surface area contributed by atoms with Crippen molar-refractivity contribution in [3.63, 3.8) is 0 Å². The van der Waals surface area contributed by atoms with E-state index in [0.29, 0.717) is 34.4 Å². The van der Waals surface area contributed by atoms with Crippen LogP contribution in [0.5, 0.6) is 28.7 Å². The van der Waals surface area contributed by atoms with E-state index in [1.807, 2.05) is 0 Å². The standard InChI is InChI=1S/C19H18ClNO8/c1-24-13-6-11(7-14(25-2)18(13)26-3)21-16(22)8-27-19(23)10-4-12(20)17-15(5-10)28-9-29-17/h4-7H,8-9H2,1-3H3,(H,21,22). The van der Waals surface area contributed by atoms with Crippen molar-refractivity contribution in [1.29, 1.82) is 0 Å². The van der Waals surface area contributed by atoms with E-state index < -0.39 is 18.5 Å². The van der Waals surface area contributed by atoms with E-state index in [1.54, 1.807) is 12.1 Å². The number of ether oxygens (including phenoxy) is 6. The highest BCUT2D eigenvalue weighted by molar-refractivity contribution is 6.32. The van der Waals surface area contributed by atoms with Gasteiger partial charge in [-0.05, 0) is 12.1 Å². The fourth-order valence-electron chi connectivity index (χ4n) is 2.65. The molecule has 0 unspecified atom stereocenters. The molecule has 0 saturated heterocycles. The fraction of sp³-hybridized carbons (Fsp3) is 0.263. The van der Waals surface area contributed by atoms with Crippen molar-refractivity contribution in [2.45, 2.75) is 0 Å². The molecule has 1 N–H and O–H groups in total. The normalized spacial score (nSPS) is 11.6. The van der Waals surface area contributed by atoms with Crippen LogP contribution in [0.2, 0.25) is 5.02 Å². The zero-order chi connectivity index (χ0) is 21.0. The number of anilines is 1. The van der Waals surface area contributed by atoms with Gasteiger partial charge in [-0.1, -0.05) is 11.6 Å². The van der Waals surface area contributed by atoms with Crippen LogP contribution in [0.4, 0.5) is 5.69 Å². The molecule has 1 aliphatic rings. The first-order chi connectivity index (χ1) is 14.0. The summed E-state index contributed by atoms with van der Waals surface area (Å²) in [7, 11) is 4.39. The van der Waals surface area contributed by atoms with Crippen LogP contribution in [0.25, 0.3) is 0 Å². The Hall–Kier alpha value is -3.33. The van der Waals surface area contributed by atoms with Gasteiger partial charge in [0.05, 0.1) is 31.9 Å². The molecule has 1 amide bonds. The predicted octanol–water partition coefficient (Wildman–Crippen LogP) is 2.89. The van der Waals surface area contributed by atoms with Gasteiger partial charge in [-0.3, -0.25) is 4.79 Å². The van der Waals surface area contributed by atoms with Gasteiger partial charge in [0.15, 0.2) is 29.6 Å². The van der Waals surface area contributed by atoms with Gasteiger partial charge in [-0.25, -0.2) is 4.79 Å². The highest BCUT2D eigenvalue weighted by atomic mass is 35.5. The van der Waals surface area contributed by atoms with Crippen LogP contribution in [-0.2, 0) is 9.53 Å². The molecule has 9 nitrogen and oxygen atoms in total. The van der Waals surface area contributed by atoms with Crippen LogP contribution >= 0.6 is 11.6 Å². The molecule has 0 atom stereocenters. The Balaban J connectivity index is 1.64. The summed E-state index contributed by atoms with van der Waals surface area (Å²) in [5, 5.41) is 2.82. The Labute approximate surface area is 171 Å². The van der Waals surface area contributed by atoms with Gasteiger partial charge in [0.1, 0.15) is 0 Å². The van der Waals surface area contributed by atoms with Crippen molar-refractivity contribution in [3.05, 3.63) is 34.9 Å². The summed E-state index contributed by atoms with van der Waals surface area (Å²) < 4.78 is 31.1. The molecular formula is C19H18ClNO8. The molecule has 3 rings (SSSR count). The van der Waals surface area contributed by atoms with Crippen molar-refractivity contribution in [3.8, 4) is 28.7 Å². The number of rotatable bonds is 7. The van der Waals surface area contributed by atoms with E-state index in [9.17, 15) is 9.59 Å². The summed E-state index contributed by atoms with van der Waals surface area (Å²) in [5.74, 6) is 0.543. The summed E-state index contributed by atoms with van der Waals surface area (Å²) in [6.07, 6.45) is 0. The zero-order valence-electron chi connectivity index (χ0n) is 15.9. The van der Waals surface area contributed by atoms with Crippen molar-refractivity contribution in [2.24, 2.45) is 0 Å². The lowest BCUT2D eigenvalue weighted by Gasteiger charge is -2.14. The van der Waals surface area contributed by atoms with Crippen LogP contribution in [0, 0.1) is 0 Å². The number of fused-ring (bicyclic) bond motifs is 1. The highest BCUT2D eigenvalue weighted by Gasteiger charge is 2.22. The Bertz CT molecular complexity index is 921. The number of hydrogen-bond donors (Lipinski definition) is 1. The number of halogens is 1. The zero-order valence-corrected chi connectivity index (χ0v) is 16.6. The second kappa shape index (κ2) is 8.78. The molecule has 2 aromatic rings. The Morgan fingerprint density at radius 1 is 1.03 bits per heavy atom. The third kappa shape index (κ3) is 4.40. The molecule has 0 fully saturated rings. The number of methoxy groups -OCH3 is 3. The van der Waals surface area contributed by atoms with E-state index in [2.05, 4.69) is 5.32 Å². The predicted molar refractivity (Wildman–Crippen MR) is 103 cm³/mol. The number of amides is 1. The quantitative estimate of drug-likeness (QED) is 0.678. The fourth-order valence-corrected chi connectivity index (χ4v) is 2.92. The van der Waals surface area contributed by atoms with Gasteiger partial charge in [0.2, 0.25) is 12.5 Å². The van der Waals surface area contributed by atoms with E-state index in [0.717, 1.165) is 0 Å². The smallest absolute Gasteiger partial charge is 0.338 e. The Morgan fingerprint density at radius 3 is 2.34 bits per heavy atom. The molecule has 0 aliphatic carbocycles. The van der Waals surface area contributed by atoms with E-state index in [1.165, 1.54) is 33.5 Å². The van der Waals surface area contributed by atoms with Crippen molar-refractivity contribution >= 4 is 29.2 Å². The van der Waals surface area contributed by atoms with Crippen LogP contribution in [0.3, 0.4) is 0 Å². The molecular weight excluding hydrogens is 406 g/mol. The summed E-state index contributed by atoms with van der Waals surface area (Å²) in [4.78, 5) is 24.4. The van der Waals surface area contributed by atoms with Crippen LogP contribution < -0.4 is 29.0 Å². The molecule has 1 heterocycles. The summed E-state index contributed by atoms with van der Waals surface area (Å²) in [6, 6.07) is 5.93. The first-order valence-electron chi connectivity index (χ1n) is 8.33. The minimum atomic E-state index is -0.731. The molecule has 1 aliphatic heterocycles. The molecule has 154 valence electrons. The average Bonchev–Trinajstić information content (AvgIpc) is 3.20. The van der Waals surface area contributed by atoms with Crippen molar-refractivity contribution in [2.75, 3.05) is 40.0 Å². The maximum atomic E-state index is 12.2. The number of carbonyl (C=O) groups excluding carboxylic acids is 2. The Morgan fingerprint density at radius 2 is 1.72 bits per heavy atom. The summed E-state index contributed by atoms with van der Waals surface area (Å²) in [6.45, 7) is -0.494. The van der Waals surface area contributed by atoms with E-state index >= 15 is 0 Å². The molecule has 2 aromatic carbocycles. The first kappa shape index (κ1) is 20.4. The van der Waals surface area contributed by atoms with Crippen LogP contribution in [0.15, 0.2) is 24.3 Å². The Kier molecular flexibility index (Phi) is 6.18. The average molecular weight is 424 g/mol. The van der Waals surface area contributed by atoms with E-state index in [-0.39, 0.29) is 17.4 Å². The lowest BCUT2D eigenvalue weighted by atomic mass is 10.2. The number of esters is 1. The summed E-state index contributed by atoms with van der Waals surface area (Å²) in [5.41, 5.74) is 0.520. The molecule has 29 heavy (non-hydrogen) atoms. The van der Waals surface area contributed by atoms with Crippen LogP contribution in [-0.4, -0.2) is 46.6 Å². The molecule has 0 spiro atoms. The minimum Gasteiger partial charge on any atom is -0.493 e. The lowest BCUT2D eigenvalue weighted by Crippen LogP contribution is -2.21. The van der Waals surface area contributed by atoms with Crippen molar-refractivity contribution < 1.29 is 38.0 Å². The lowest BCUT2D eigenvalue weighted by molar-refractivity contribution is -0.119. The highest BCUT2D eigenvalue weighted by Crippen LogP contribution is 2.41. The number of hydrogen-bond acceptors (Lipinski definition) is 8. The number of nitrogens with one attached hydrogen (secondary N) is 1. The van der Waals surface area contributed by atoms with Crippen molar-refractivity contribution in [1.82, 2.24) is 0 Å². The second-order valence-corrected chi connectivity index (χ2v) is 6.14. The maximum absolute atomic E-state index is 12.2.